The highest BCUT2D eigenvalue weighted by Gasteiger charge is 2.24. The standard InChI is InChI=1S/C16H24N2O.ClH/c1-12-7-9-14(10-8-12)16(19)18-15(11-17)13-5-3-2-4-6-13;/h7-10,13,15H,2-6,11,17H2,1H3,(H,18,19);1H. The highest BCUT2D eigenvalue weighted by molar-refractivity contribution is 5.94. The summed E-state index contributed by atoms with van der Waals surface area (Å²) in [7, 11) is 0. The fraction of sp³-hybridized carbons (Fsp3) is 0.562. The second kappa shape index (κ2) is 8.28. The zero-order valence-electron chi connectivity index (χ0n) is 12.1. The molecule has 0 radical (unpaired) electrons. The number of nitrogens with one attached hydrogen (secondary N) is 1. The van der Waals surface area contributed by atoms with Crippen molar-refractivity contribution in [2.75, 3.05) is 6.54 Å². The van der Waals surface area contributed by atoms with Crippen molar-refractivity contribution in [2.24, 2.45) is 11.7 Å². The Hall–Kier alpha value is -1.06. The van der Waals surface area contributed by atoms with E-state index in [9.17, 15) is 4.79 Å². The Morgan fingerprint density at radius 1 is 1.25 bits per heavy atom. The summed E-state index contributed by atoms with van der Waals surface area (Å²) in [4.78, 5) is 12.2. The number of hydrogen-bond donors (Lipinski definition) is 2. The second-order valence-electron chi connectivity index (χ2n) is 5.58. The summed E-state index contributed by atoms with van der Waals surface area (Å²) in [5.41, 5.74) is 7.73. The first-order valence-corrected chi connectivity index (χ1v) is 7.28. The molecule has 1 fully saturated rings. The van der Waals surface area contributed by atoms with Gasteiger partial charge in [0, 0.05) is 18.2 Å². The summed E-state index contributed by atoms with van der Waals surface area (Å²) in [5.74, 6) is 0.550. The molecule has 1 aromatic carbocycles. The van der Waals surface area contributed by atoms with Crippen molar-refractivity contribution >= 4 is 18.3 Å². The number of rotatable bonds is 4. The van der Waals surface area contributed by atoms with Gasteiger partial charge in [-0.25, -0.2) is 0 Å². The number of hydrogen-bond acceptors (Lipinski definition) is 2. The van der Waals surface area contributed by atoms with Gasteiger partial charge >= 0.3 is 0 Å². The molecule has 0 heterocycles. The third-order valence-electron chi connectivity index (χ3n) is 4.10. The van der Waals surface area contributed by atoms with E-state index in [1.807, 2.05) is 31.2 Å². The van der Waals surface area contributed by atoms with Crippen LogP contribution in [0.15, 0.2) is 24.3 Å². The van der Waals surface area contributed by atoms with Crippen LogP contribution in [0.25, 0.3) is 0 Å². The van der Waals surface area contributed by atoms with Crippen molar-refractivity contribution < 1.29 is 4.79 Å². The lowest BCUT2D eigenvalue weighted by Gasteiger charge is -2.30. The number of aryl methyl sites for hydroxylation is 1. The molecule has 0 bridgehead atoms. The van der Waals surface area contributed by atoms with Crippen molar-refractivity contribution in [3.8, 4) is 0 Å². The molecule has 1 atom stereocenters. The third kappa shape index (κ3) is 4.50. The average molecular weight is 297 g/mol. The lowest BCUT2D eigenvalue weighted by atomic mass is 9.84. The van der Waals surface area contributed by atoms with Crippen LogP contribution in [0.1, 0.15) is 48.0 Å². The number of halogens is 1. The molecule has 3 N–H and O–H groups in total. The molecule has 1 saturated carbocycles. The second-order valence-corrected chi connectivity index (χ2v) is 5.58. The van der Waals surface area contributed by atoms with Crippen molar-refractivity contribution in [3.05, 3.63) is 35.4 Å². The van der Waals surface area contributed by atoms with Gasteiger partial charge in [0.1, 0.15) is 0 Å². The Morgan fingerprint density at radius 3 is 2.40 bits per heavy atom. The van der Waals surface area contributed by atoms with Crippen LogP contribution < -0.4 is 11.1 Å². The highest BCUT2D eigenvalue weighted by Crippen LogP contribution is 2.26. The van der Waals surface area contributed by atoms with Gasteiger partial charge in [0.05, 0.1) is 0 Å². The lowest BCUT2D eigenvalue weighted by molar-refractivity contribution is 0.0915. The van der Waals surface area contributed by atoms with Crippen LogP contribution >= 0.6 is 12.4 Å². The summed E-state index contributed by atoms with van der Waals surface area (Å²) in [6, 6.07) is 7.80. The summed E-state index contributed by atoms with van der Waals surface area (Å²) >= 11 is 0. The Bertz CT molecular complexity index is 413. The van der Waals surface area contributed by atoms with Crippen LogP contribution in [-0.4, -0.2) is 18.5 Å². The van der Waals surface area contributed by atoms with E-state index in [1.165, 1.54) is 37.7 Å². The molecule has 1 aliphatic rings. The number of carbonyl (C=O) groups is 1. The molecule has 0 spiro atoms. The Labute approximate surface area is 127 Å². The van der Waals surface area contributed by atoms with Gasteiger partial charge in [-0.15, -0.1) is 12.4 Å². The summed E-state index contributed by atoms with van der Waals surface area (Å²) < 4.78 is 0. The van der Waals surface area contributed by atoms with Gasteiger partial charge < -0.3 is 11.1 Å². The summed E-state index contributed by atoms with van der Waals surface area (Å²) in [6.07, 6.45) is 6.23. The van der Waals surface area contributed by atoms with Gasteiger partial charge in [0.15, 0.2) is 0 Å². The number of nitrogens with two attached hydrogens (primary N) is 1. The maximum atomic E-state index is 12.2. The number of carbonyl (C=O) groups excluding carboxylic acids is 1. The Morgan fingerprint density at radius 2 is 1.85 bits per heavy atom. The first-order valence-electron chi connectivity index (χ1n) is 7.28. The first-order chi connectivity index (χ1) is 9.20. The minimum atomic E-state index is 0. The highest BCUT2D eigenvalue weighted by atomic mass is 35.5. The molecule has 4 heteroatoms. The number of amides is 1. The molecule has 0 aromatic heterocycles. The third-order valence-corrected chi connectivity index (χ3v) is 4.10. The maximum Gasteiger partial charge on any atom is 0.251 e. The topological polar surface area (TPSA) is 55.1 Å². The smallest absolute Gasteiger partial charge is 0.251 e. The van der Waals surface area contributed by atoms with Gasteiger partial charge in [-0.05, 0) is 37.8 Å². The predicted octanol–water partition coefficient (Wildman–Crippen LogP) is 3.05. The van der Waals surface area contributed by atoms with Crippen molar-refractivity contribution in [3.63, 3.8) is 0 Å². The Balaban J connectivity index is 0.00000200. The average Bonchev–Trinajstić information content (AvgIpc) is 2.46. The van der Waals surface area contributed by atoms with Gasteiger partial charge in [-0.1, -0.05) is 37.0 Å². The fourth-order valence-corrected chi connectivity index (χ4v) is 2.86. The van der Waals surface area contributed by atoms with Crippen LogP contribution in [0.5, 0.6) is 0 Å². The molecule has 1 aliphatic carbocycles. The zero-order chi connectivity index (χ0) is 13.7. The Kier molecular flexibility index (Phi) is 7.03. The molecular formula is C16H25ClN2O. The maximum absolute atomic E-state index is 12.2. The van der Waals surface area contributed by atoms with E-state index >= 15 is 0 Å². The molecule has 20 heavy (non-hydrogen) atoms. The molecule has 1 unspecified atom stereocenters. The van der Waals surface area contributed by atoms with E-state index in [0.29, 0.717) is 12.5 Å². The summed E-state index contributed by atoms with van der Waals surface area (Å²) in [5, 5.41) is 3.11. The molecule has 1 amide bonds. The van der Waals surface area contributed by atoms with Crippen LogP contribution in [0.4, 0.5) is 0 Å². The van der Waals surface area contributed by atoms with E-state index in [1.54, 1.807) is 0 Å². The largest absolute Gasteiger partial charge is 0.348 e. The van der Waals surface area contributed by atoms with E-state index in [2.05, 4.69) is 5.32 Å². The van der Waals surface area contributed by atoms with Crippen LogP contribution in [0, 0.1) is 12.8 Å². The van der Waals surface area contributed by atoms with E-state index in [4.69, 9.17) is 5.73 Å². The molecular weight excluding hydrogens is 272 g/mol. The SMILES string of the molecule is Cc1ccc(C(=O)NC(CN)C2CCCCC2)cc1.Cl. The summed E-state index contributed by atoms with van der Waals surface area (Å²) in [6.45, 7) is 2.55. The first kappa shape index (κ1) is 17.0. The van der Waals surface area contributed by atoms with Crippen LogP contribution in [0.3, 0.4) is 0 Å². The van der Waals surface area contributed by atoms with Gasteiger partial charge in [-0.2, -0.15) is 0 Å². The molecule has 0 aliphatic heterocycles. The molecule has 0 saturated heterocycles. The van der Waals surface area contributed by atoms with Gasteiger partial charge in [0.2, 0.25) is 0 Å². The van der Waals surface area contributed by atoms with Crippen LogP contribution in [-0.2, 0) is 0 Å². The number of benzene rings is 1. The lowest BCUT2D eigenvalue weighted by Crippen LogP contribution is -2.45. The fourth-order valence-electron chi connectivity index (χ4n) is 2.86. The van der Waals surface area contributed by atoms with Gasteiger partial charge in [0.25, 0.3) is 5.91 Å². The van der Waals surface area contributed by atoms with Crippen molar-refractivity contribution in [1.82, 2.24) is 5.32 Å². The molecule has 3 nitrogen and oxygen atoms in total. The normalized spacial score (nSPS) is 17.1. The quantitative estimate of drug-likeness (QED) is 0.897. The van der Waals surface area contributed by atoms with Crippen molar-refractivity contribution in [1.29, 1.82) is 0 Å². The minimum Gasteiger partial charge on any atom is -0.348 e. The molecule has 1 aromatic rings. The van der Waals surface area contributed by atoms with Crippen LogP contribution in [0.2, 0.25) is 0 Å². The predicted molar refractivity (Wildman–Crippen MR) is 85.3 cm³/mol. The molecule has 2 rings (SSSR count). The molecule has 112 valence electrons. The van der Waals surface area contributed by atoms with Crippen molar-refractivity contribution in [2.45, 2.75) is 45.1 Å². The van der Waals surface area contributed by atoms with Gasteiger partial charge in [-0.3, -0.25) is 4.79 Å². The van der Waals surface area contributed by atoms with E-state index < -0.39 is 0 Å². The zero-order valence-corrected chi connectivity index (χ0v) is 12.9. The van der Waals surface area contributed by atoms with E-state index in [-0.39, 0.29) is 24.4 Å². The monoisotopic (exact) mass is 296 g/mol. The van der Waals surface area contributed by atoms with E-state index in [0.717, 1.165) is 5.56 Å². The minimum absolute atomic E-state index is 0.